The molecule has 0 saturated carbocycles. The van der Waals surface area contributed by atoms with Gasteiger partial charge >= 0.3 is 0 Å². The van der Waals surface area contributed by atoms with E-state index in [4.69, 9.17) is 0 Å². The summed E-state index contributed by atoms with van der Waals surface area (Å²) in [6.45, 7) is 8.08. The maximum Gasteiger partial charge on any atom is 0.230 e. The van der Waals surface area contributed by atoms with Crippen LogP contribution in [0.1, 0.15) is 33.6 Å². The van der Waals surface area contributed by atoms with Crippen molar-refractivity contribution in [3.63, 3.8) is 0 Å². The highest BCUT2D eigenvalue weighted by Gasteiger charge is 2.43. The highest BCUT2D eigenvalue weighted by Crippen LogP contribution is 2.30. The van der Waals surface area contributed by atoms with Crippen molar-refractivity contribution >= 4 is 5.91 Å². The van der Waals surface area contributed by atoms with Gasteiger partial charge in [-0.2, -0.15) is 0 Å². The summed E-state index contributed by atoms with van der Waals surface area (Å²) in [6, 6.07) is 0. The van der Waals surface area contributed by atoms with E-state index in [1.165, 1.54) is 6.42 Å². The fourth-order valence-corrected chi connectivity index (χ4v) is 1.48. The van der Waals surface area contributed by atoms with Crippen LogP contribution >= 0.6 is 0 Å². The van der Waals surface area contributed by atoms with Crippen molar-refractivity contribution in [1.29, 1.82) is 0 Å². The quantitative estimate of drug-likeness (QED) is 0.567. The SMILES string of the molecule is CCCCN1CC(C)(C)C1=O. The molecule has 1 heterocycles. The zero-order chi connectivity index (χ0) is 8.48. The van der Waals surface area contributed by atoms with Crippen molar-refractivity contribution in [2.45, 2.75) is 33.6 Å². The summed E-state index contributed by atoms with van der Waals surface area (Å²) in [5.74, 6) is 0.325. The Labute approximate surface area is 68.6 Å². The summed E-state index contributed by atoms with van der Waals surface area (Å²) in [5, 5.41) is 0. The van der Waals surface area contributed by atoms with E-state index in [1.807, 2.05) is 18.7 Å². The van der Waals surface area contributed by atoms with Gasteiger partial charge in [0, 0.05) is 13.1 Å². The lowest BCUT2D eigenvalue weighted by Gasteiger charge is -2.44. The van der Waals surface area contributed by atoms with Gasteiger partial charge in [-0.05, 0) is 20.3 Å². The van der Waals surface area contributed by atoms with E-state index in [0.29, 0.717) is 5.91 Å². The van der Waals surface area contributed by atoms with Crippen LogP contribution in [0.25, 0.3) is 0 Å². The Hall–Kier alpha value is -0.530. The van der Waals surface area contributed by atoms with Crippen LogP contribution in [0.15, 0.2) is 0 Å². The van der Waals surface area contributed by atoms with Crippen molar-refractivity contribution in [3.8, 4) is 0 Å². The molecule has 0 aromatic rings. The number of carbonyl (C=O) groups is 1. The van der Waals surface area contributed by atoms with E-state index in [-0.39, 0.29) is 5.41 Å². The summed E-state index contributed by atoms with van der Waals surface area (Å²) in [7, 11) is 0. The number of hydrogen-bond acceptors (Lipinski definition) is 1. The summed E-state index contributed by atoms with van der Waals surface area (Å²) in [4.78, 5) is 13.3. The molecular formula is C9H17NO. The Morgan fingerprint density at radius 1 is 1.55 bits per heavy atom. The first-order valence-corrected chi connectivity index (χ1v) is 4.37. The minimum atomic E-state index is -0.0618. The molecule has 0 bridgehead atoms. The molecule has 64 valence electrons. The fraction of sp³-hybridized carbons (Fsp3) is 0.889. The predicted molar refractivity (Wildman–Crippen MR) is 45.3 cm³/mol. The van der Waals surface area contributed by atoms with E-state index < -0.39 is 0 Å². The number of carbonyl (C=O) groups excluding carboxylic acids is 1. The lowest BCUT2D eigenvalue weighted by Crippen LogP contribution is -2.58. The zero-order valence-corrected chi connectivity index (χ0v) is 7.68. The second-order valence-electron chi connectivity index (χ2n) is 3.96. The van der Waals surface area contributed by atoms with Crippen molar-refractivity contribution in [3.05, 3.63) is 0 Å². The Kier molecular flexibility index (Phi) is 2.21. The Bertz CT molecular complexity index is 163. The number of amides is 1. The first-order valence-electron chi connectivity index (χ1n) is 4.37. The lowest BCUT2D eigenvalue weighted by molar-refractivity contribution is -0.156. The third-order valence-corrected chi connectivity index (χ3v) is 2.23. The summed E-state index contributed by atoms with van der Waals surface area (Å²) in [6.07, 6.45) is 2.31. The van der Waals surface area contributed by atoms with Crippen molar-refractivity contribution in [2.75, 3.05) is 13.1 Å². The van der Waals surface area contributed by atoms with Gasteiger partial charge in [0.2, 0.25) is 5.91 Å². The molecule has 0 aromatic heterocycles. The number of likely N-dealkylation sites (tertiary alicyclic amines) is 1. The molecule has 1 aliphatic rings. The van der Waals surface area contributed by atoms with Crippen LogP contribution in [0, 0.1) is 5.41 Å². The first-order chi connectivity index (χ1) is 5.08. The zero-order valence-electron chi connectivity index (χ0n) is 7.68. The minimum Gasteiger partial charge on any atom is -0.341 e. The molecule has 0 atom stereocenters. The highest BCUT2D eigenvalue weighted by atomic mass is 16.2. The molecule has 0 aromatic carbocycles. The van der Waals surface area contributed by atoms with Gasteiger partial charge in [-0.15, -0.1) is 0 Å². The average molecular weight is 155 g/mol. The molecule has 0 radical (unpaired) electrons. The van der Waals surface area contributed by atoms with Crippen LogP contribution < -0.4 is 0 Å². The predicted octanol–water partition coefficient (Wildman–Crippen LogP) is 1.65. The van der Waals surface area contributed by atoms with Gasteiger partial charge in [0.15, 0.2) is 0 Å². The summed E-state index contributed by atoms with van der Waals surface area (Å²) >= 11 is 0. The van der Waals surface area contributed by atoms with E-state index in [1.54, 1.807) is 0 Å². The number of nitrogens with zero attached hydrogens (tertiary/aromatic N) is 1. The Morgan fingerprint density at radius 2 is 2.18 bits per heavy atom. The largest absolute Gasteiger partial charge is 0.341 e. The standard InChI is InChI=1S/C9H17NO/c1-4-5-6-10-7-9(2,3)8(10)11/h4-7H2,1-3H3. The normalized spacial score (nSPS) is 21.7. The minimum absolute atomic E-state index is 0.0618. The summed E-state index contributed by atoms with van der Waals surface area (Å²) < 4.78 is 0. The number of unbranched alkanes of at least 4 members (excludes halogenated alkanes) is 1. The van der Waals surface area contributed by atoms with Crippen LogP contribution in [0.4, 0.5) is 0 Å². The van der Waals surface area contributed by atoms with Gasteiger partial charge in [-0.3, -0.25) is 4.79 Å². The molecular weight excluding hydrogens is 138 g/mol. The highest BCUT2D eigenvalue weighted by molar-refractivity contribution is 5.87. The maximum atomic E-state index is 11.3. The fourth-order valence-electron chi connectivity index (χ4n) is 1.48. The van der Waals surface area contributed by atoms with Gasteiger partial charge < -0.3 is 4.90 Å². The van der Waals surface area contributed by atoms with Gasteiger partial charge in [0.05, 0.1) is 5.41 Å². The molecule has 0 unspecified atom stereocenters. The summed E-state index contributed by atoms with van der Waals surface area (Å²) in [5.41, 5.74) is -0.0618. The molecule has 0 aliphatic carbocycles. The van der Waals surface area contributed by atoms with E-state index >= 15 is 0 Å². The van der Waals surface area contributed by atoms with E-state index in [0.717, 1.165) is 19.5 Å². The lowest BCUT2D eigenvalue weighted by atomic mass is 9.83. The molecule has 1 aliphatic heterocycles. The van der Waals surface area contributed by atoms with Gasteiger partial charge in [-0.1, -0.05) is 13.3 Å². The topological polar surface area (TPSA) is 20.3 Å². The van der Waals surface area contributed by atoms with Gasteiger partial charge in [-0.25, -0.2) is 0 Å². The molecule has 1 amide bonds. The van der Waals surface area contributed by atoms with Crippen molar-refractivity contribution < 1.29 is 4.79 Å². The number of β-lactam (4-membered cyclic amide) rings is 1. The van der Waals surface area contributed by atoms with Crippen LogP contribution in [-0.2, 0) is 4.79 Å². The molecule has 2 nitrogen and oxygen atoms in total. The third kappa shape index (κ3) is 1.55. The smallest absolute Gasteiger partial charge is 0.230 e. The monoisotopic (exact) mass is 155 g/mol. The third-order valence-electron chi connectivity index (χ3n) is 2.23. The van der Waals surface area contributed by atoms with E-state index in [2.05, 4.69) is 6.92 Å². The van der Waals surface area contributed by atoms with Crippen LogP contribution in [-0.4, -0.2) is 23.9 Å². The van der Waals surface area contributed by atoms with Gasteiger partial charge in [0.1, 0.15) is 0 Å². The molecule has 0 N–H and O–H groups in total. The molecule has 0 spiro atoms. The second-order valence-corrected chi connectivity index (χ2v) is 3.96. The van der Waals surface area contributed by atoms with Crippen molar-refractivity contribution in [2.24, 2.45) is 5.41 Å². The van der Waals surface area contributed by atoms with Gasteiger partial charge in [0.25, 0.3) is 0 Å². The van der Waals surface area contributed by atoms with E-state index in [9.17, 15) is 4.79 Å². The molecule has 2 heteroatoms. The van der Waals surface area contributed by atoms with Crippen LogP contribution in [0.5, 0.6) is 0 Å². The Morgan fingerprint density at radius 3 is 2.55 bits per heavy atom. The van der Waals surface area contributed by atoms with Crippen LogP contribution in [0.2, 0.25) is 0 Å². The molecule has 1 saturated heterocycles. The number of hydrogen-bond donors (Lipinski definition) is 0. The first kappa shape index (κ1) is 8.57. The number of rotatable bonds is 3. The molecule has 1 fully saturated rings. The molecule has 11 heavy (non-hydrogen) atoms. The second kappa shape index (κ2) is 2.84. The van der Waals surface area contributed by atoms with Crippen LogP contribution in [0.3, 0.4) is 0 Å². The van der Waals surface area contributed by atoms with Crippen molar-refractivity contribution in [1.82, 2.24) is 4.90 Å². The average Bonchev–Trinajstić information content (AvgIpc) is 1.97. The maximum absolute atomic E-state index is 11.3. The molecule has 1 rings (SSSR count). The Balaban J connectivity index is 2.28.